The molecule has 1 atom stereocenters. The Morgan fingerprint density at radius 1 is 1.25 bits per heavy atom. The zero-order valence-corrected chi connectivity index (χ0v) is 16.6. The Bertz CT molecular complexity index is 997. The van der Waals surface area contributed by atoms with Gasteiger partial charge in [0.25, 0.3) is 5.69 Å². The monoisotopic (exact) mass is 401 g/mol. The van der Waals surface area contributed by atoms with Crippen molar-refractivity contribution in [2.45, 2.75) is 19.9 Å². The molecule has 2 aromatic rings. The molecular weight excluding hydrogens is 382 g/mol. The Balaban J connectivity index is 2.20. The van der Waals surface area contributed by atoms with E-state index in [1.165, 1.54) is 46.4 Å². The number of carbonyl (C=O) groups is 2. The quantitative estimate of drug-likeness (QED) is 0.438. The van der Waals surface area contributed by atoms with Crippen molar-refractivity contribution in [3.05, 3.63) is 67.5 Å². The first kappa shape index (κ1) is 19.6. The number of carbonyl (C=O) groups excluding carboxylic acids is 2. The average molecular weight is 401 g/mol. The van der Waals surface area contributed by atoms with Crippen LogP contribution in [-0.2, 0) is 9.53 Å². The zero-order valence-electron chi connectivity index (χ0n) is 15.8. The molecular formula is C19H19N3O5S. The summed E-state index contributed by atoms with van der Waals surface area (Å²) >= 11 is 1.49. The largest absolute Gasteiger partial charge is 0.466 e. The topological polar surface area (TPSA) is 93.0 Å². The number of nitro benzene ring substituents is 1. The second-order valence-electron chi connectivity index (χ2n) is 6.35. The van der Waals surface area contributed by atoms with Crippen LogP contribution in [0.15, 0.2) is 47.7 Å². The second kappa shape index (κ2) is 7.43. The van der Waals surface area contributed by atoms with E-state index in [2.05, 4.69) is 0 Å². The minimum atomic E-state index is -0.589. The SMILES string of the molecule is COC(=O)C1=C(C)N(c2cccc([N+](=O)[O-])c2)C(=O)N(C)[C@@H]1c1ccc(C)s1. The first-order valence-corrected chi connectivity index (χ1v) is 9.24. The first-order valence-electron chi connectivity index (χ1n) is 8.43. The lowest BCUT2D eigenvalue weighted by atomic mass is 9.98. The van der Waals surface area contributed by atoms with Gasteiger partial charge in [-0.2, -0.15) is 0 Å². The molecule has 0 bridgehead atoms. The van der Waals surface area contributed by atoms with Crippen LogP contribution in [0.5, 0.6) is 0 Å². The number of ether oxygens (including phenoxy) is 1. The summed E-state index contributed by atoms with van der Waals surface area (Å²) < 4.78 is 4.98. The van der Waals surface area contributed by atoms with Crippen molar-refractivity contribution in [2.75, 3.05) is 19.1 Å². The number of benzene rings is 1. The fourth-order valence-electron chi connectivity index (χ4n) is 3.28. The average Bonchev–Trinajstić information content (AvgIpc) is 3.10. The lowest BCUT2D eigenvalue weighted by molar-refractivity contribution is -0.384. The van der Waals surface area contributed by atoms with Gasteiger partial charge in [-0.05, 0) is 32.0 Å². The lowest BCUT2D eigenvalue weighted by Gasteiger charge is -2.40. The Labute approximate surface area is 165 Å². The van der Waals surface area contributed by atoms with Crippen LogP contribution in [0, 0.1) is 17.0 Å². The minimum Gasteiger partial charge on any atom is -0.466 e. The number of hydrogen-bond donors (Lipinski definition) is 0. The summed E-state index contributed by atoms with van der Waals surface area (Å²) in [6.07, 6.45) is 0. The molecule has 0 aliphatic carbocycles. The van der Waals surface area contributed by atoms with Crippen LogP contribution in [-0.4, -0.2) is 36.0 Å². The summed E-state index contributed by atoms with van der Waals surface area (Å²) in [7, 11) is 2.88. The van der Waals surface area contributed by atoms with E-state index in [4.69, 9.17) is 4.74 Å². The van der Waals surface area contributed by atoms with Crippen LogP contribution in [0.1, 0.15) is 22.7 Å². The number of hydrogen-bond acceptors (Lipinski definition) is 6. The maximum Gasteiger partial charge on any atom is 0.338 e. The summed E-state index contributed by atoms with van der Waals surface area (Å²) in [6, 6.07) is 8.57. The predicted molar refractivity (Wildman–Crippen MR) is 105 cm³/mol. The van der Waals surface area contributed by atoms with Crippen LogP contribution in [0.25, 0.3) is 0 Å². The van der Waals surface area contributed by atoms with Gasteiger partial charge in [0.2, 0.25) is 0 Å². The number of urea groups is 1. The Morgan fingerprint density at radius 2 is 1.96 bits per heavy atom. The third kappa shape index (κ3) is 3.24. The Kier molecular flexibility index (Phi) is 5.19. The fourth-order valence-corrected chi connectivity index (χ4v) is 4.31. The summed E-state index contributed by atoms with van der Waals surface area (Å²) in [5.74, 6) is -0.552. The maximum absolute atomic E-state index is 13.2. The molecule has 3 rings (SSSR count). The summed E-state index contributed by atoms with van der Waals surface area (Å²) in [4.78, 5) is 41.0. The highest BCUT2D eigenvalue weighted by atomic mass is 32.1. The third-order valence-corrected chi connectivity index (χ3v) is 5.67. The first-order chi connectivity index (χ1) is 13.3. The van der Waals surface area contributed by atoms with Gasteiger partial charge in [-0.3, -0.25) is 15.0 Å². The van der Waals surface area contributed by atoms with E-state index in [0.717, 1.165) is 9.75 Å². The molecule has 1 aliphatic rings. The highest BCUT2D eigenvalue weighted by Gasteiger charge is 2.41. The van der Waals surface area contributed by atoms with E-state index in [-0.39, 0.29) is 11.7 Å². The number of nitro groups is 1. The minimum absolute atomic E-state index is 0.142. The van der Waals surface area contributed by atoms with Crippen molar-refractivity contribution in [1.29, 1.82) is 0 Å². The molecule has 1 aliphatic heterocycles. The standard InChI is InChI=1S/C19H19N3O5S/c1-11-8-9-15(28-11)17-16(18(23)27-4)12(2)21(19(24)20(17)3)13-6-5-7-14(10-13)22(25)26/h5-10,17H,1-4H3/t17-/m1/s1. The van der Waals surface area contributed by atoms with Crippen LogP contribution in [0.4, 0.5) is 16.2 Å². The number of rotatable bonds is 4. The molecule has 2 heterocycles. The molecule has 2 amide bonds. The van der Waals surface area contributed by atoms with Gasteiger partial charge < -0.3 is 9.64 Å². The Morgan fingerprint density at radius 3 is 2.54 bits per heavy atom. The maximum atomic E-state index is 13.2. The van der Waals surface area contributed by atoms with E-state index in [0.29, 0.717) is 17.0 Å². The van der Waals surface area contributed by atoms with Crippen molar-refractivity contribution in [2.24, 2.45) is 0 Å². The third-order valence-electron chi connectivity index (χ3n) is 4.61. The van der Waals surface area contributed by atoms with Gasteiger partial charge in [0.05, 0.1) is 23.3 Å². The van der Waals surface area contributed by atoms with Crippen molar-refractivity contribution >= 4 is 34.7 Å². The lowest BCUT2D eigenvalue weighted by Crippen LogP contribution is -2.49. The van der Waals surface area contributed by atoms with Gasteiger partial charge in [0.1, 0.15) is 6.04 Å². The molecule has 8 nitrogen and oxygen atoms in total. The van der Waals surface area contributed by atoms with E-state index in [1.807, 2.05) is 19.1 Å². The van der Waals surface area contributed by atoms with Gasteiger partial charge in [-0.15, -0.1) is 11.3 Å². The summed E-state index contributed by atoms with van der Waals surface area (Å²) in [5.41, 5.74) is 0.867. The molecule has 0 spiro atoms. The van der Waals surface area contributed by atoms with Crippen LogP contribution in [0.2, 0.25) is 0 Å². The molecule has 0 fully saturated rings. The second-order valence-corrected chi connectivity index (χ2v) is 7.67. The normalized spacial score (nSPS) is 17.1. The zero-order chi connectivity index (χ0) is 20.6. The molecule has 0 unspecified atom stereocenters. The number of methoxy groups -OCH3 is 1. The highest BCUT2D eigenvalue weighted by molar-refractivity contribution is 7.12. The number of amides is 2. The Hall–Kier alpha value is -3.20. The van der Waals surface area contributed by atoms with E-state index in [9.17, 15) is 19.7 Å². The molecule has 0 N–H and O–H groups in total. The van der Waals surface area contributed by atoms with Gasteiger partial charge in [-0.25, -0.2) is 9.59 Å². The number of anilines is 1. The van der Waals surface area contributed by atoms with E-state index < -0.39 is 16.9 Å². The number of thiophene rings is 1. The van der Waals surface area contributed by atoms with Crippen LogP contribution >= 0.6 is 11.3 Å². The van der Waals surface area contributed by atoms with Gasteiger partial charge in [-0.1, -0.05) is 6.07 Å². The molecule has 146 valence electrons. The summed E-state index contributed by atoms with van der Waals surface area (Å²) in [5, 5.41) is 11.1. The van der Waals surface area contributed by atoms with Crippen LogP contribution in [0.3, 0.4) is 0 Å². The molecule has 28 heavy (non-hydrogen) atoms. The number of nitrogens with zero attached hydrogens (tertiary/aromatic N) is 3. The molecule has 0 radical (unpaired) electrons. The van der Waals surface area contributed by atoms with Crippen molar-refractivity contribution in [1.82, 2.24) is 4.90 Å². The number of allylic oxidation sites excluding steroid dienone is 1. The molecule has 1 aromatic heterocycles. The number of esters is 1. The van der Waals surface area contributed by atoms with Crippen molar-refractivity contribution in [3.8, 4) is 0 Å². The van der Waals surface area contributed by atoms with Crippen LogP contribution < -0.4 is 4.90 Å². The fraction of sp³-hybridized carbons (Fsp3) is 0.263. The molecule has 0 saturated carbocycles. The number of non-ortho nitro benzene ring substituents is 1. The van der Waals surface area contributed by atoms with Crippen molar-refractivity contribution < 1.29 is 19.2 Å². The molecule has 0 saturated heterocycles. The van der Waals surface area contributed by atoms with Gasteiger partial charge in [0.15, 0.2) is 0 Å². The highest BCUT2D eigenvalue weighted by Crippen LogP contribution is 2.41. The summed E-state index contributed by atoms with van der Waals surface area (Å²) in [6.45, 7) is 3.59. The van der Waals surface area contributed by atoms with E-state index in [1.54, 1.807) is 20.0 Å². The van der Waals surface area contributed by atoms with Gasteiger partial charge in [0, 0.05) is 34.6 Å². The molecule has 9 heteroatoms. The number of aryl methyl sites for hydroxylation is 1. The molecule has 1 aromatic carbocycles. The van der Waals surface area contributed by atoms with E-state index >= 15 is 0 Å². The smallest absolute Gasteiger partial charge is 0.338 e. The van der Waals surface area contributed by atoms with Gasteiger partial charge >= 0.3 is 12.0 Å². The predicted octanol–water partition coefficient (Wildman–Crippen LogP) is 4.02. The number of likely N-dealkylation sites (N-methyl/N-ethyl adjacent to an activating group) is 1. The van der Waals surface area contributed by atoms with Crippen molar-refractivity contribution in [3.63, 3.8) is 0 Å².